The van der Waals surface area contributed by atoms with Gasteiger partial charge in [-0.1, -0.05) is 31.2 Å². The molecule has 3 heterocycles. The number of halogens is 2. The van der Waals surface area contributed by atoms with Crippen LogP contribution < -0.4 is 0 Å². The molecule has 0 spiro atoms. The number of hydrogen-bond acceptors (Lipinski definition) is 3. The molecular formula is C16H19ClFN3OSi. The summed E-state index contributed by atoms with van der Waals surface area (Å²) in [5.41, 5.74) is 1.33. The molecule has 0 bridgehead atoms. The molecule has 0 saturated carbocycles. The van der Waals surface area contributed by atoms with Gasteiger partial charge in [-0.15, -0.1) is 0 Å². The Morgan fingerprint density at radius 1 is 1.30 bits per heavy atom. The van der Waals surface area contributed by atoms with E-state index in [9.17, 15) is 4.39 Å². The van der Waals surface area contributed by atoms with Crippen LogP contribution in [0.2, 0.25) is 30.8 Å². The predicted molar refractivity (Wildman–Crippen MR) is 94.1 cm³/mol. The van der Waals surface area contributed by atoms with Crippen molar-refractivity contribution in [2.75, 3.05) is 6.61 Å². The molecule has 0 saturated heterocycles. The van der Waals surface area contributed by atoms with Crippen LogP contribution in [0.15, 0.2) is 24.5 Å². The van der Waals surface area contributed by atoms with E-state index in [1.807, 2.05) is 10.6 Å². The highest BCUT2D eigenvalue weighted by atomic mass is 35.5. The molecule has 0 atom stereocenters. The Hall–Kier alpha value is -1.50. The molecule has 4 nitrogen and oxygen atoms in total. The maximum Gasteiger partial charge on any atom is 0.170 e. The van der Waals surface area contributed by atoms with Crippen LogP contribution in [0.5, 0.6) is 0 Å². The number of fused-ring (bicyclic) bond motifs is 3. The van der Waals surface area contributed by atoms with Crippen molar-refractivity contribution in [3.63, 3.8) is 0 Å². The third-order valence-corrected chi connectivity index (χ3v) is 5.74. The Kier molecular flexibility index (Phi) is 4.40. The molecule has 0 unspecified atom stereocenters. The minimum Gasteiger partial charge on any atom is -0.361 e. The van der Waals surface area contributed by atoms with E-state index < -0.39 is 13.9 Å². The number of aromatic nitrogens is 3. The lowest BCUT2D eigenvalue weighted by molar-refractivity contribution is 0.0925. The second-order valence-corrected chi connectivity index (χ2v) is 12.8. The first-order chi connectivity index (χ1) is 10.9. The monoisotopic (exact) mass is 351 g/mol. The molecule has 3 rings (SSSR count). The normalized spacial score (nSPS) is 12.4. The summed E-state index contributed by atoms with van der Waals surface area (Å²) < 4.78 is 22.1. The van der Waals surface area contributed by atoms with Gasteiger partial charge in [0.25, 0.3) is 0 Å². The highest BCUT2D eigenvalue weighted by molar-refractivity contribution is 6.76. The van der Waals surface area contributed by atoms with E-state index in [2.05, 4.69) is 29.6 Å². The lowest BCUT2D eigenvalue weighted by atomic mass is 10.2. The van der Waals surface area contributed by atoms with Crippen molar-refractivity contribution in [1.29, 1.82) is 0 Å². The molecule has 0 aliphatic heterocycles. The minimum atomic E-state index is -1.14. The topological polar surface area (TPSA) is 39.9 Å². The van der Waals surface area contributed by atoms with Crippen LogP contribution >= 0.6 is 11.6 Å². The van der Waals surface area contributed by atoms with Gasteiger partial charge < -0.3 is 4.74 Å². The average Bonchev–Trinajstić information content (AvgIpc) is 2.81. The SMILES string of the molecule is C[Si](C)(C)CCOCn1c2cnc(Cl)c(F)c2c2cccnc21. The van der Waals surface area contributed by atoms with Gasteiger partial charge >= 0.3 is 0 Å². The van der Waals surface area contributed by atoms with Gasteiger partial charge in [0.1, 0.15) is 12.4 Å². The van der Waals surface area contributed by atoms with Gasteiger partial charge in [-0.25, -0.2) is 14.4 Å². The summed E-state index contributed by atoms with van der Waals surface area (Å²) in [5.74, 6) is -0.511. The van der Waals surface area contributed by atoms with Crippen LogP contribution in [-0.2, 0) is 11.5 Å². The highest BCUT2D eigenvalue weighted by Crippen LogP contribution is 2.31. The van der Waals surface area contributed by atoms with Gasteiger partial charge in [-0.3, -0.25) is 4.57 Å². The van der Waals surface area contributed by atoms with E-state index in [4.69, 9.17) is 16.3 Å². The molecule has 23 heavy (non-hydrogen) atoms. The third-order valence-electron chi connectivity index (χ3n) is 3.78. The van der Waals surface area contributed by atoms with Gasteiger partial charge in [0.15, 0.2) is 11.0 Å². The summed E-state index contributed by atoms with van der Waals surface area (Å²) in [6.07, 6.45) is 3.26. The first-order valence-electron chi connectivity index (χ1n) is 7.53. The Morgan fingerprint density at radius 3 is 2.83 bits per heavy atom. The molecule has 3 aromatic rings. The molecule has 0 radical (unpaired) electrons. The predicted octanol–water partition coefficient (Wildman–Crippen LogP) is 4.69. The Labute approximate surface area is 140 Å². The van der Waals surface area contributed by atoms with E-state index >= 15 is 0 Å². The van der Waals surface area contributed by atoms with Gasteiger partial charge in [-0.2, -0.15) is 0 Å². The summed E-state index contributed by atoms with van der Waals surface area (Å²) in [4.78, 5) is 8.29. The van der Waals surface area contributed by atoms with Crippen molar-refractivity contribution >= 4 is 41.6 Å². The van der Waals surface area contributed by atoms with Crippen molar-refractivity contribution in [3.05, 3.63) is 35.5 Å². The summed E-state index contributed by atoms with van der Waals surface area (Å²) in [6, 6.07) is 4.70. The zero-order valence-electron chi connectivity index (χ0n) is 13.4. The molecule has 0 N–H and O–H groups in total. The fourth-order valence-electron chi connectivity index (χ4n) is 2.50. The zero-order valence-corrected chi connectivity index (χ0v) is 15.2. The zero-order chi connectivity index (χ0) is 16.6. The van der Waals surface area contributed by atoms with Crippen LogP contribution in [0.25, 0.3) is 21.9 Å². The van der Waals surface area contributed by atoms with Gasteiger partial charge in [0.05, 0.1) is 11.7 Å². The fraction of sp³-hybridized carbons (Fsp3) is 0.375. The quantitative estimate of drug-likeness (QED) is 0.380. The van der Waals surface area contributed by atoms with Crippen LogP contribution in [0.3, 0.4) is 0 Å². The highest BCUT2D eigenvalue weighted by Gasteiger charge is 2.18. The number of ether oxygens (including phenoxy) is 1. The molecule has 0 aliphatic carbocycles. The molecule has 7 heteroatoms. The Morgan fingerprint density at radius 2 is 2.09 bits per heavy atom. The fourth-order valence-corrected chi connectivity index (χ4v) is 3.40. The second kappa shape index (κ2) is 6.18. The first-order valence-corrected chi connectivity index (χ1v) is 11.6. The molecule has 3 aromatic heterocycles. The standard InChI is InChI=1S/C16H19ClFN3OSi/c1-23(2,3)8-7-22-10-21-12-9-20-15(17)14(18)13(12)11-5-4-6-19-16(11)21/h4-6,9H,7-8,10H2,1-3H3. The molecule has 0 aliphatic rings. The third kappa shape index (κ3) is 3.24. The van der Waals surface area contributed by atoms with Crippen molar-refractivity contribution < 1.29 is 9.13 Å². The van der Waals surface area contributed by atoms with Crippen molar-refractivity contribution in [1.82, 2.24) is 14.5 Å². The molecule has 0 aromatic carbocycles. The van der Waals surface area contributed by atoms with E-state index in [1.165, 1.54) is 0 Å². The van der Waals surface area contributed by atoms with Crippen LogP contribution in [0.1, 0.15) is 0 Å². The van der Waals surface area contributed by atoms with Crippen LogP contribution in [0, 0.1) is 5.82 Å². The van der Waals surface area contributed by atoms with Crippen molar-refractivity contribution in [3.8, 4) is 0 Å². The Bertz CT molecular complexity index is 860. The van der Waals surface area contributed by atoms with Gasteiger partial charge in [0.2, 0.25) is 0 Å². The molecular weight excluding hydrogens is 333 g/mol. The van der Waals surface area contributed by atoms with E-state index in [0.717, 1.165) is 11.4 Å². The number of nitrogens with zero attached hydrogens (tertiary/aromatic N) is 3. The van der Waals surface area contributed by atoms with Gasteiger partial charge in [0, 0.05) is 31.7 Å². The van der Waals surface area contributed by atoms with E-state index in [1.54, 1.807) is 18.5 Å². The van der Waals surface area contributed by atoms with E-state index in [-0.39, 0.29) is 5.15 Å². The summed E-state index contributed by atoms with van der Waals surface area (Å²) in [7, 11) is -1.14. The maximum absolute atomic E-state index is 14.4. The average molecular weight is 352 g/mol. The van der Waals surface area contributed by atoms with Crippen molar-refractivity contribution in [2.24, 2.45) is 0 Å². The lowest BCUT2D eigenvalue weighted by Gasteiger charge is -2.16. The summed E-state index contributed by atoms with van der Waals surface area (Å²) >= 11 is 5.83. The van der Waals surface area contributed by atoms with Crippen LogP contribution in [-0.4, -0.2) is 29.2 Å². The summed E-state index contributed by atoms with van der Waals surface area (Å²) in [6.45, 7) is 7.93. The molecule has 122 valence electrons. The lowest BCUT2D eigenvalue weighted by Crippen LogP contribution is -2.22. The number of pyridine rings is 2. The first kappa shape index (κ1) is 16.4. The summed E-state index contributed by atoms with van der Waals surface area (Å²) in [5, 5.41) is 1.04. The number of hydrogen-bond donors (Lipinski definition) is 0. The largest absolute Gasteiger partial charge is 0.361 e. The van der Waals surface area contributed by atoms with Crippen molar-refractivity contribution in [2.45, 2.75) is 32.4 Å². The smallest absolute Gasteiger partial charge is 0.170 e. The van der Waals surface area contributed by atoms with Gasteiger partial charge in [-0.05, 0) is 18.2 Å². The van der Waals surface area contributed by atoms with Crippen LogP contribution in [0.4, 0.5) is 4.39 Å². The maximum atomic E-state index is 14.4. The molecule has 0 fully saturated rings. The molecule has 0 amide bonds. The minimum absolute atomic E-state index is 0.125. The second-order valence-electron chi connectivity index (χ2n) is 6.77. The van der Waals surface area contributed by atoms with E-state index in [0.29, 0.717) is 29.9 Å². The number of rotatable bonds is 5. The Balaban J connectivity index is 2.00.